The number of hydrogen-bond acceptors (Lipinski definition) is 1. The fourth-order valence-electron chi connectivity index (χ4n) is 3.86. The van der Waals surface area contributed by atoms with Crippen molar-refractivity contribution in [3.63, 3.8) is 0 Å². The van der Waals surface area contributed by atoms with Crippen LogP contribution in [0.3, 0.4) is 0 Å². The highest BCUT2D eigenvalue weighted by atomic mass is 19.2. The van der Waals surface area contributed by atoms with Crippen molar-refractivity contribution in [2.24, 2.45) is 5.92 Å². The summed E-state index contributed by atoms with van der Waals surface area (Å²) in [5, 5.41) is 0. The van der Waals surface area contributed by atoms with Gasteiger partial charge in [-0.2, -0.15) is 4.39 Å². The van der Waals surface area contributed by atoms with Crippen LogP contribution >= 0.6 is 0 Å². The zero-order chi connectivity index (χ0) is 20.6. The Morgan fingerprint density at radius 3 is 2.34 bits per heavy atom. The molecule has 1 aliphatic carbocycles. The molecule has 0 aromatic heterocycles. The van der Waals surface area contributed by atoms with E-state index in [1.165, 1.54) is 23.3 Å². The third-order valence-electron chi connectivity index (χ3n) is 5.74. The Morgan fingerprint density at radius 1 is 0.931 bits per heavy atom. The Hall–Kier alpha value is -2.34. The minimum absolute atomic E-state index is 0.0252. The van der Waals surface area contributed by atoms with Crippen LogP contribution in [0.15, 0.2) is 36.4 Å². The molecule has 0 saturated heterocycles. The minimum Gasteiger partial charge on any atom is -0.490 e. The number of halogens is 2. The number of ether oxygens (including phenoxy) is 1. The molecule has 0 amide bonds. The molecular weight excluding hydrogens is 366 g/mol. The van der Waals surface area contributed by atoms with Crippen LogP contribution in [0.1, 0.15) is 74.5 Å². The summed E-state index contributed by atoms with van der Waals surface area (Å²) in [7, 11) is 0. The number of unbranched alkanes of at least 4 members (excludes halogenated alkanes) is 2. The van der Waals surface area contributed by atoms with Gasteiger partial charge in [0.05, 0.1) is 12.2 Å². The van der Waals surface area contributed by atoms with Crippen LogP contribution in [0.5, 0.6) is 5.75 Å². The molecule has 1 nitrogen and oxygen atoms in total. The molecule has 0 spiro atoms. The highest BCUT2D eigenvalue weighted by molar-refractivity contribution is 5.41. The van der Waals surface area contributed by atoms with E-state index in [1.54, 1.807) is 0 Å². The fraction of sp³-hybridized carbons (Fsp3) is 0.462. The van der Waals surface area contributed by atoms with Gasteiger partial charge in [-0.15, -0.1) is 0 Å². The standard InChI is InChI=1S/C26H30F2O/c1-3-4-5-18-29-24-17-16-23(25(27)26(24)28)15-10-20-8-13-22(14-9-20)21-11-6-19(2)7-12-21/h6-7,11-12,16-17,20,22H,3-5,8-9,13-14,18H2,1-2H3/t20-,22-. The molecule has 0 aliphatic heterocycles. The number of rotatable bonds is 6. The number of aryl methyl sites for hydroxylation is 1. The molecule has 1 saturated carbocycles. The van der Waals surface area contributed by atoms with Crippen molar-refractivity contribution < 1.29 is 13.5 Å². The molecule has 29 heavy (non-hydrogen) atoms. The summed E-state index contributed by atoms with van der Waals surface area (Å²) in [5.74, 6) is 4.99. The van der Waals surface area contributed by atoms with Crippen molar-refractivity contribution in [2.75, 3.05) is 6.61 Å². The zero-order valence-corrected chi connectivity index (χ0v) is 17.4. The van der Waals surface area contributed by atoms with Crippen molar-refractivity contribution in [3.8, 4) is 17.6 Å². The summed E-state index contributed by atoms with van der Waals surface area (Å²) in [6.45, 7) is 4.59. The third-order valence-corrected chi connectivity index (χ3v) is 5.74. The lowest BCUT2D eigenvalue weighted by Crippen LogP contribution is -2.12. The molecule has 0 radical (unpaired) electrons. The largest absolute Gasteiger partial charge is 0.490 e. The summed E-state index contributed by atoms with van der Waals surface area (Å²) < 4.78 is 34.0. The molecule has 1 aliphatic rings. The summed E-state index contributed by atoms with van der Waals surface area (Å²) in [6.07, 6.45) is 7.07. The Bertz CT molecular complexity index is 853. The third kappa shape index (κ3) is 5.82. The second kappa shape index (κ2) is 10.4. The van der Waals surface area contributed by atoms with E-state index >= 15 is 0 Å². The van der Waals surface area contributed by atoms with E-state index in [2.05, 4.69) is 50.0 Å². The summed E-state index contributed by atoms with van der Waals surface area (Å²) in [5.41, 5.74) is 2.79. The van der Waals surface area contributed by atoms with Crippen LogP contribution in [-0.2, 0) is 0 Å². The Kier molecular flexibility index (Phi) is 7.69. The quantitative estimate of drug-likeness (QED) is 0.371. The van der Waals surface area contributed by atoms with Gasteiger partial charge in [-0.25, -0.2) is 4.39 Å². The van der Waals surface area contributed by atoms with E-state index in [0.717, 1.165) is 44.9 Å². The fourth-order valence-corrected chi connectivity index (χ4v) is 3.86. The first-order chi connectivity index (χ1) is 14.1. The van der Waals surface area contributed by atoms with Gasteiger partial charge in [0.2, 0.25) is 5.82 Å². The van der Waals surface area contributed by atoms with Gasteiger partial charge < -0.3 is 4.74 Å². The van der Waals surface area contributed by atoms with Crippen LogP contribution in [0.2, 0.25) is 0 Å². The maximum absolute atomic E-state index is 14.4. The molecule has 3 heteroatoms. The second-order valence-corrected chi connectivity index (χ2v) is 8.02. The van der Waals surface area contributed by atoms with Crippen LogP contribution in [0.4, 0.5) is 8.78 Å². The van der Waals surface area contributed by atoms with Gasteiger partial charge in [0.1, 0.15) is 0 Å². The molecule has 0 N–H and O–H groups in total. The zero-order valence-electron chi connectivity index (χ0n) is 17.4. The highest BCUT2D eigenvalue weighted by Crippen LogP contribution is 2.35. The molecule has 154 valence electrons. The second-order valence-electron chi connectivity index (χ2n) is 8.02. The van der Waals surface area contributed by atoms with Crippen molar-refractivity contribution in [2.45, 2.75) is 64.7 Å². The lowest BCUT2D eigenvalue weighted by atomic mass is 9.79. The van der Waals surface area contributed by atoms with E-state index in [-0.39, 0.29) is 17.2 Å². The Morgan fingerprint density at radius 2 is 1.66 bits per heavy atom. The first-order valence-corrected chi connectivity index (χ1v) is 10.8. The Labute approximate surface area is 173 Å². The smallest absolute Gasteiger partial charge is 0.201 e. The average molecular weight is 397 g/mol. The van der Waals surface area contributed by atoms with Crippen LogP contribution in [-0.4, -0.2) is 6.61 Å². The summed E-state index contributed by atoms with van der Waals surface area (Å²) in [4.78, 5) is 0. The predicted molar refractivity (Wildman–Crippen MR) is 114 cm³/mol. The van der Waals surface area contributed by atoms with Gasteiger partial charge in [-0.3, -0.25) is 0 Å². The summed E-state index contributed by atoms with van der Waals surface area (Å²) in [6, 6.07) is 11.8. The summed E-state index contributed by atoms with van der Waals surface area (Å²) >= 11 is 0. The molecular formula is C26H30F2O. The van der Waals surface area contributed by atoms with Crippen molar-refractivity contribution in [1.82, 2.24) is 0 Å². The topological polar surface area (TPSA) is 9.23 Å². The van der Waals surface area contributed by atoms with Gasteiger partial charge >= 0.3 is 0 Å². The van der Waals surface area contributed by atoms with Gasteiger partial charge in [0.25, 0.3) is 0 Å². The van der Waals surface area contributed by atoms with Crippen LogP contribution in [0.25, 0.3) is 0 Å². The van der Waals surface area contributed by atoms with E-state index in [4.69, 9.17) is 4.74 Å². The first kappa shape index (κ1) is 21.4. The van der Waals surface area contributed by atoms with Crippen molar-refractivity contribution in [3.05, 3.63) is 64.7 Å². The van der Waals surface area contributed by atoms with E-state index in [9.17, 15) is 8.78 Å². The van der Waals surface area contributed by atoms with E-state index < -0.39 is 11.6 Å². The lowest BCUT2D eigenvalue weighted by molar-refractivity contribution is 0.286. The lowest BCUT2D eigenvalue weighted by Gasteiger charge is -2.26. The minimum atomic E-state index is -0.934. The molecule has 1 fully saturated rings. The van der Waals surface area contributed by atoms with Gasteiger partial charge in [0.15, 0.2) is 11.6 Å². The first-order valence-electron chi connectivity index (χ1n) is 10.8. The molecule has 0 heterocycles. The molecule has 0 bridgehead atoms. The molecule has 0 atom stereocenters. The molecule has 0 unspecified atom stereocenters. The predicted octanol–water partition coefficient (Wildman–Crippen LogP) is 7.17. The van der Waals surface area contributed by atoms with Crippen molar-refractivity contribution in [1.29, 1.82) is 0 Å². The van der Waals surface area contributed by atoms with Gasteiger partial charge in [-0.05, 0) is 62.6 Å². The normalized spacial score (nSPS) is 18.8. The van der Waals surface area contributed by atoms with Crippen LogP contribution < -0.4 is 4.74 Å². The average Bonchev–Trinajstić information content (AvgIpc) is 2.74. The number of hydrogen-bond donors (Lipinski definition) is 0. The van der Waals surface area contributed by atoms with Gasteiger partial charge in [0, 0.05) is 5.92 Å². The molecule has 2 aromatic carbocycles. The van der Waals surface area contributed by atoms with Crippen LogP contribution in [0, 0.1) is 36.3 Å². The molecule has 2 aromatic rings. The maximum atomic E-state index is 14.4. The number of benzene rings is 2. The van der Waals surface area contributed by atoms with E-state index in [1.807, 2.05) is 0 Å². The SMILES string of the molecule is CCCCCOc1ccc(C#C[C@H]2CC[C@H](c3ccc(C)cc3)CC2)c(F)c1F. The monoisotopic (exact) mass is 396 g/mol. The Balaban J connectivity index is 1.57. The van der Waals surface area contributed by atoms with Crippen molar-refractivity contribution >= 4 is 0 Å². The molecule has 3 rings (SSSR count). The van der Waals surface area contributed by atoms with Gasteiger partial charge in [-0.1, -0.05) is 61.4 Å². The highest BCUT2D eigenvalue weighted by Gasteiger charge is 2.21. The van der Waals surface area contributed by atoms with E-state index in [0.29, 0.717) is 12.5 Å². The maximum Gasteiger partial charge on any atom is 0.201 e.